The molecule has 3 nitrogen and oxygen atoms in total. The molecule has 0 aromatic carbocycles. The van der Waals surface area contributed by atoms with E-state index in [1.54, 1.807) is 6.20 Å². The lowest BCUT2D eigenvalue weighted by atomic mass is 10.2. The Bertz CT molecular complexity index is 361. The average Bonchev–Trinajstić information content (AvgIpc) is 2.28. The van der Waals surface area contributed by atoms with Gasteiger partial charge in [-0.3, -0.25) is 4.98 Å². The molecule has 0 spiro atoms. The molecule has 0 aliphatic rings. The maximum Gasteiger partial charge on any atom is 0.138 e. The van der Waals surface area contributed by atoms with Crippen LogP contribution in [-0.4, -0.2) is 24.2 Å². The number of nitrogens with zero attached hydrogens (tertiary/aromatic N) is 1. The van der Waals surface area contributed by atoms with Gasteiger partial charge in [0.15, 0.2) is 0 Å². The molecule has 0 radical (unpaired) electrons. The summed E-state index contributed by atoms with van der Waals surface area (Å²) < 4.78 is 5.59. The highest BCUT2D eigenvalue weighted by atomic mass is 16.5. The first-order chi connectivity index (χ1) is 8.11. The van der Waals surface area contributed by atoms with E-state index < -0.39 is 0 Å². The van der Waals surface area contributed by atoms with Crippen LogP contribution in [-0.2, 0) is 0 Å². The van der Waals surface area contributed by atoms with Crippen LogP contribution in [0.5, 0.6) is 5.75 Å². The Morgan fingerprint density at radius 2 is 2.12 bits per heavy atom. The molecule has 94 valence electrons. The van der Waals surface area contributed by atoms with Gasteiger partial charge < -0.3 is 10.1 Å². The van der Waals surface area contributed by atoms with Crippen molar-refractivity contribution in [2.75, 3.05) is 7.05 Å². The van der Waals surface area contributed by atoms with Crippen LogP contribution in [0.4, 0.5) is 0 Å². The second kappa shape index (κ2) is 7.07. The zero-order chi connectivity index (χ0) is 12.7. The van der Waals surface area contributed by atoms with Crippen molar-refractivity contribution in [3.05, 3.63) is 30.1 Å². The lowest BCUT2D eigenvalue weighted by molar-refractivity contribution is 0.241. The third-order valence-corrected chi connectivity index (χ3v) is 2.40. The molecule has 0 unspecified atom stereocenters. The van der Waals surface area contributed by atoms with E-state index >= 15 is 0 Å². The lowest BCUT2D eigenvalue weighted by Crippen LogP contribution is -2.19. The smallest absolute Gasteiger partial charge is 0.138 e. The van der Waals surface area contributed by atoms with Gasteiger partial charge in [0.2, 0.25) is 0 Å². The second-order valence-electron chi connectivity index (χ2n) is 4.45. The van der Waals surface area contributed by atoms with Crippen molar-refractivity contribution in [3.63, 3.8) is 0 Å². The van der Waals surface area contributed by atoms with Crippen molar-refractivity contribution in [2.24, 2.45) is 0 Å². The van der Waals surface area contributed by atoms with Crippen molar-refractivity contribution >= 4 is 6.08 Å². The van der Waals surface area contributed by atoms with Crippen molar-refractivity contribution in [3.8, 4) is 5.75 Å². The van der Waals surface area contributed by atoms with Crippen LogP contribution in [0.25, 0.3) is 6.08 Å². The van der Waals surface area contributed by atoms with Gasteiger partial charge >= 0.3 is 0 Å². The third kappa shape index (κ3) is 5.50. The van der Waals surface area contributed by atoms with E-state index in [0.717, 1.165) is 17.7 Å². The van der Waals surface area contributed by atoms with E-state index in [0.29, 0.717) is 6.04 Å². The van der Waals surface area contributed by atoms with Crippen LogP contribution in [0, 0.1) is 0 Å². The maximum absolute atomic E-state index is 5.59. The van der Waals surface area contributed by atoms with Crippen LogP contribution >= 0.6 is 0 Å². The van der Waals surface area contributed by atoms with Crippen LogP contribution in [0.3, 0.4) is 0 Å². The summed E-state index contributed by atoms with van der Waals surface area (Å²) in [5.41, 5.74) is 1.08. The summed E-state index contributed by atoms with van der Waals surface area (Å²) in [6.07, 6.45) is 9.00. The van der Waals surface area contributed by atoms with Gasteiger partial charge in [0.05, 0.1) is 12.3 Å². The molecule has 0 saturated heterocycles. The summed E-state index contributed by atoms with van der Waals surface area (Å²) >= 11 is 0. The van der Waals surface area contributed by atoms with Gasteiger partial charge in [-0.05, 0) is 45.9 Å². The van der Waals surface area contributed by atoms with E-state index in [1.807, 2.05) is 33.2 Å². The molecule has 3 heteroatoms. The molecule has 1 heterocycles. The first kappa shape index (κ1) is 13.7. The molecule has 1 rings (SSSR count). The summed E-state index contributed by atoms with van der Waals surface area (Å²) in [6.45, 7) is 6.18. The highest BCUT2D eigenvalue weighted by Gasteiger charge is 1.98. The van der Waals surface area contributed by atoms with Gasteiger partial charge in [0, 0.05) is 12.2 Å². The monoisotopic (exact) mass is 234 g/mol. The fraction of sp³-hybridized carbons (Fsp3) is 0.500. The molecule has 1 atom stereocenters. The number of ether oxygens (including phenoxy) is 1. The van der Waals surface area contributed by atoms with Crippen molar-refractivity contribution in [2.45, 2.75) is 39.3 Å². The minimum absolute atomic E-state index is 0.181. The fourth-order valence-corrected chi connectivity index (χ4v) is 1.39. The minimum atomic E-state index is 0.181. The summed E-state index contributed by atoms with van der Waals surface area (Å²) in [5, 5.41) is 3.20. The Labute approximate surface area is 104 Å². The molecular formula is C14H22N2O. The molecule has 1 aromatic heterocycles. The second-order valence-corrected chi connectivity index (χ2v) is 4.45. The van der Waals surface area contributed by atoms with Gasteiger partial charge in [-0.15, -0.1) is 0 Å². The summed E-state index contributed by atoms with van der Waals surface area (Å²) in [7, 11) is 1.97. The molecule has 1 N–H and O–H groups in total. The summed E-state index contributed by atoms with van der Waals surface area (Å²) in [5.74, 6) is 0.823. The standard InChI is InChI=1S/C14H22N2O/c1-11(2)17-14-8-13(9-16-10-14)7-5-6-12(3)15-4/h5,7-12,15H,6H2,1-4H3/t12-/m1/s1. The number of hydrogen-bond donors (Lipinski definition) is 1. The first-order valence-electron chi connectivity index (χ1n) is 6.07. The number of hydrogen-bond acceptors (Lipinski definition) is 3. The number of pyridine rings is 1. The molecule has 0 aliphatic carbocycles. The summed E-state index contributed by atoms with van der Waals surface area (Å²) in [6, 6.07) is 2.50. The Balaban J connectivity index is 2.59. The number of nitrogens with one attached hydrogen (secondary N) is 1. The van der Waals surface area contributed by atoms with Crippen LogP contribution < -0.4 is 10.1 Å². The lowest BCUT2D eigenvalue weighted by Gasteiger charge is -2.09. The Hall–Kier alpha value is -1.35. The zero-order valence-electron chi connectivity index (χ0n) is 11.1. The quantitative estimate of drug-likeness (QED) is 0.821. The van der Waals surface area contributed by atoms with Crippen LogP contribution in [0.15, 0.2) is 24.5 Å². The highest BCUT2D eigenvalue weighted by Crippen LogP contribution is 2.14. The first-order valence-corrected chi connectivity index (χ1v) is 6.07. The van der Waals surface area contributed by atoms with Gasteiger partial charge in [-0.2, -0.15) is 0 Å². The Morgan fingerprint density at radius 1 is 1.35 bits per heavy atom. The normalized spacial score (nSPS) is 13.2. The predicted octanol–water partition coefficient (Wildman–Crippen LogP) is 2.88. The van der Waals surface area contributed by atoms with Gasteiger partial charge in [0.1, 0.15) is 5.75 Å². The Morgan fingerprint density at radius 3 is 2.76 bits per heavy atom. The SMILES string of the molecule is CN[C@H](C)CC=Cc1cncc(OC(C)C)c1. The van der Waals surface area contributed by atoms with Crippen molar-refractivity contribution < 1.29 is 4.74 Å². The Kier molecular flexibility index (Phi) is 5.70. The molecule has 0 saturated carbocycles. The maximum atomic E-state index is 5.59. The minimum Gasteiger partial charge on any atom is -0.489 e. The molecule has 0 bridgehead atoms. The average molecular weight is 234 g/mol. The van der Waals surface area contributed by atoms with Gasteiger partial charge in [-0.25, -0.2) is 0 Å². The van der Waals surface area contributed by atoms with Crippen LogP contribution in [0.1, 0.15) is 32.8 Å². The number of rotatable bonds is 6. The largest absolute Gasteiger partial charge is 0.489 e. The van der Waals surface area contributed by atoms with Gasteiger partial charge in [0.25, 0.3) is 0 Å². The number of aromatic nitrogens is 1. The fourth-order valence-electron chi connectivity index (χ4n) is 1.39. The molecule has 0 amide bonds. The van der Waals surface area contributed by atoms with E-state index in [-0.39, 0.29) is 6.10 Å². The molecule has 0 aliphatic heterocycles. The van der Waals surface area contributed by atoms with Gasteiger partial charge in [-0.1, -0.05) is 12.2 Å². The third-order valence-electron chi connectivity index (χ3n) is 2.40. The van der Waals surface area contributed by atoms with E-state index in [2.05, 4.69) is 29.4 Å². The summed E-state index contributed by atoms with van der Waals surface area (Å²) in [4.78, 5) is 4.16. The van der Waals surface area contributed by atoms with E-state index in [9.17, 15) is 0 Å². The van der Waals surface area contributed by atoms with E-state index in [4.69, 9.17) is 4.74 Å². The van der Waals surface area contributed by atoms with E-state index in [1.165, 1.54) is 0 Å². The van der Waals surface area contributed by atoms with Crippen LogP contribution in [0.2, 0.25) is 0 Å². The molecule has 1 aromatic rings. The molecule has 17 heavy (non-hydrogen) atoms. The highest BCUT2D eigenvalue weighted by molar-refractivity contribution is 5.49. The predicted molar refractivity (Wildman–Crippen MR) is 72.2 cm³/mol. The van der Waals surface area contributed by atoms with Crippen molar-refractivity contribution in [1.29, 1.82) is 0 Å². The molecular weight excluding hydrogens is 212 g/mol. The topological polar surface area (TPSA) is 34.2 Å². The molecule has 0 fully saturated rings. The zero-order valence-corrected chi connectivity index (χ0v) is 11.1. The van der Waals surface area contributed by atoms with Crippen molar-refractivity contribution in [1.82, 2.24) is 10.3 Å².